The number of nitrogens with zero attached hydrogens (tertiary/aromatic N) is 1. The predicted molar refractivity (Wildman–Crippen MR) is 99.9 cm³/mol. The third kappa shape index (κ3) is 2.88. The molecule has 1 saturated heterocycles. The van der Waals surface area contributed by atoms with Crippen LogP contribution < -0.4 is 0 Å². The van der Waals surface area contributed by atoms with Gasteiger partial charge in [-0.2, -0.15) is 0 Å². The van der Waals surface area contributed by atoms with Crippen LogP contribution in [0.5, 0.6) is 0 Å². The van der Waals surface area contributed by atoms with E-state index in [0.717, 1.165) is 19.4 Å². The van der Waals surface area contributed by atoms with E-state index in [1.807, 2.05) is 0 Å². The van der Waals surface area contributed by atoms with E-state index in [1.165, 1.54) is 20.5 Å². The standard InChI is InChI=1S/C19H19NO2S2/c21-19(22)13-5-3-9-20(11-13)18(17-8-4-10-23-17)15-12-24-16-7-2-1-6-14(15)16/h1-2,4,6-8,10,12-13,18H,3,5,9,11H2,(H,21,22). The minimum Gasteiger partial charge on any atom is -0.481 e. The van der Waals surface area contributed by atoms with Crippen molar-refractivity contribution < 1.29 is 9.90 Å². The van der Waals surface area contributed by atoms with Crippen molar-refractivity contribution >= 4 is 38.7 Å². The van der Waals surface area contributed by atoms with Gasteiger partial charge in [0.1, 0.15) is 0 Å². The van der Waals surface area contributed by atoms with Gasteiger partial charge in [0.2, 0.25) is 0 Å². The summed E-state index contributed by atoms with van der Waals surface area (Å²) in [5.74, 6) is -0.925. The van der Waals surface area contributed by atoms with Gasteiger partial charge in [-0.05, 0) is 53.2 Å². The molecule has 124 valence electrons. The summed E-state index contributed by atoms with van der Waals surface area (Å²) in [6.45, 7) is 1.58. The SMILES string of the molecule is O=C(O)C1CCCN(C(c2cccs2)c2csc3ccccc23)C1. The van der Waals surface area contributed by atoms with Crippen molar-refractivity contribution in [3.05, 3.63) is 57.6 Å². The average molecular weight is 358 g/mol. The third-order valence-electron chi connectivity index (χ3n) is 4.79. The van der Waals surface area contributed by atoms with Crippen LogP contribution in [0.3, 0.4) is 0 Å². The Morgan fingerprint density at radius 3 is 2.88 bits per heavy atom. The van der Waals surface area contributed by atoms with Gasteiger partial charge in [-0.3, -0.25) is 9.69 Å². The number of hydrogen-bond donors (Lipinski definition) is 1. The largest absolute Gasteiger partial charge is 0.481 e. The van der Waals surface area contributed by atoms with Gasteiger partial charge >= 0.3 is 5.97 Å². The van der Waals surface area contributed by atoms with Crippen LogP contribution in [0.15, 0.2) is 47.2 Å². The predicted octanol–water partition coefficient (Wildman–Crippen LogP) is 4.85. The molecule has 0 amide bonds. The highest BCUT2D eigenvalue weighted by atomic mass is 32.1. The first-order valence-electron chi connectivity index (χ1n) is 8.20. The molecule has 1 N–H and O–H groups in total. The fourth-order valence-electron chi connectivity index (χ4n) is 3.63. The smallest absolute Gasteiger partial charge is 0.307 e. The van der Waals surface area contributed by atoms with Crippen LogP contribution in [0.2, 0.25) is 0 Å². The monoisotopic (exact) mass is 357 g/mol. The van der Waals surface area contributed by atoms with Crippen LogP contribution in [-0.4, -0.2) is 29.1 Å². The summed E-state index contributed by atoms with van der Waals surface area (Å²) in [6.07, 6.45) is 1.73. The molecule has 1 aliphatic heterocycles. The number of rotatable bonds is 4. The molecule has 0 spiro atoms. The van der Waals surface area contributed by atoms with E-state index in [2.05, 4.69) is 52.1 Å². The van der Waals surface area contributed by atoms with Gasteiger partial charge in [-0.1, -0.05) is 24.3 Å². The first-order valence-corrected chi connectivity index (χ1v) is 9.96. The Labute approximate surface area is 149 Å². The molecule has 3 aromatic rings. The zero-order valence-corrected chi connectivity index (χ0v) is 14.9. The molecule has 2 aromatic heterocycles. The van der Waals surface area contributed by atoms with E-state index >= 15 is 0 Å². The molecule has 1 fully saturated rings. The highest BCUT2D eigenvalue weighted by Crippen LogP contribution is 2.40. The van der Waals surface area contributed by atoms with E-state index < -0.39 is 5.97 Å². The van der Waals surface area contributed by atoms with Gasteiger partial charge in [0, 0.05) is 16.1 Å². The Kier molecular flexibility index (Phi) is 4.39. The Morgan fingerprint density at radius 2 is 2.08 bits per heavy atom. The minimum absolute atomic E-state index is 0.156. The van der Waals surface area contributed by atoms with Crippen LogP contribution in [-0.2, 0) is 4.79 Å². The first kappa shape index (κ1) is 15.8. The molecule has 2 unspecified atom stereocenters. The van der Waals surface area contributed by atoms with Crippen molar-refractivity contribution in [2.24, 2.45) is 5.92 Å². The second kappa shape index (κ2) is 6.67. The quantitative estimate of drug-likeness (QED) is 0.726. The maximum Gasteiger partial charge on any atom is 0.307 e. The van der Waals surface area contributed by atoms with Gasteiger partial charge in [-0.15, -0.1) is 22.7 Å². The number of aliphatic carboxylic acids is 1. The minimum atomic E-state index is -0.667. The summed E-state index contributed by atoms with van der Waals surface area (Å²) in [4.78, 5) is 15.1. The fourth-order valence-corrected chi connectivity index (χ4v) is 5.49. The summed E-state index contributed by atoms with van der Waals surface area (Å²) in [6, 6.07) is 12.9. The van der Waals surface area contributed by atoms with Gasteiger partial charge in [0.15, 0.2) is 0 Å². The zero-order valence-electron chi connectivity index (χ0n) is 13.2. The summed E-state index contributed by atoms with van der Waals surface area (Å²) >= 11 is 3.53. The number of thiophene rings is 2. The molecular formula is C19H19NO2S2. The Morgan fingerprint density at radius 1 is 1.21 bits per heavy atom. The zero-order chi connectivity index (χ0) is 16.5. The molecule has 0 saturated carbocycles. The Balaban J connectivity index is 1.77. The summed E-state index contributed by atoms with van der Waals surface area (Å²) < 4.78 is 1.29. The van der Waals surface area contributed by atoms with Crippen LogP contribution in [0.1, 0.15) is 29.3 Å². The highest BCUT2D eigenvalue weighted by molar-refractivity contribution is 7.17. The molecule has 0 aliphatic carbocycles. The van der Waals surface area contributed by atoms with Crippen molar-refractivity contribution in [3.8, 4) is 0 Å². The number of likely N-dealkylation sites (tertiary alicyclic amines) is 1. The topological polar surface area (TPSA) is 40.5 Å². The number of carbonyl (C=O) groups is 1. The van der Waals surface area contributed by atoms with Crippen LogP contribution >= 0.6 is 22.7 Å². The molecule has 0 radical (unpaired) electrons. The van der Waals surface area contributed by atoms with E-state index in [-0.39, 0.29) is 12.0 Å². The van der Waals surface area contributed by atoms with Crippen molar-refractivity contribution in [2.45, 2.75) is 18.9 Å². The van der Waals surface area contributed by atoms with Gasteiger partial charge in [-0.25, -0.2) is 0 Å². The average Bonchev–Trinajstić information content (AvgIpc) is 3.26. The fraction of sp³-hybridized carbons (Fsp3) is 0.316. The lowest BCUT2D eigenvalue weighted by Gasteiger charge is -2.36. The van der Waals surface area contributed by atoms with Gasteiger partial charge < -0.3 is 5.11 Å². The van der Waals surface area contributed by atoms with Crippen molar-refractivity contribution in [2.75, 3.05) is 13.1 Å². The highest BCUT2D eigenvalue weighted by Gasteiger charge is 2.32. The molecule has 24 heavy (non-hydrogen) atoms. The number of carboxylic acids is 1. The maximum atomic E-state index is 11.5. The third-order valence-corrected chi connectivity index (χ3v) is 6.69. The van der Waals surface area contributed by atoms with Crippen molar-refractivity contribution in [3.63, 3.8) is 0 Å². The molecule has 2 atom stereocenters. The number of hydrogen-bond acceptors (Lipinski definition) is 4. The van der Waals surface area contributed by atoms with Crippen molar-refractivity contribution in [1.29, 1.82) is 0 Å². The van der Waals surface area contributed by atoms with Crippen LogP contribution in [0.25, 0.3) is 10.1 Å². The summed E-state index contributed by atoms with van der Waals surface area (Å²) in [5.41, 5.74) is 1.31. The van der Waals surface area contributed by atoms with E-state index in [1.54, 1.807) is 22.7 Å². The second-order valence-corrected chi connectivity index (χ2v) is 8.17. The van der Waals surface area contributed by atoms with Crippen LogP contribution in [0, 0.1) is 5.92 Å². The molecule has 1 aromatic carbocycles. The molecule has 5 heteroatoms. The lowest BCUT2D eigenvalue weighted by atomic mass is 9.94. The van der Waals surface area contributed by atoms with Gasteiger partial charge in [0.25, 0.3) is 0 Å². The second-order valence-electron chi connectivity index (χ2n) is 6.28. The molecule has 1 aliphatic rings. The summed E-state index contributed by atoms with van der Waals surface area (Å²) in [5, 5.41) is 15.1. The first-order chi connectivity index (χ1) is 11.7. The van der Waals surface area contributed by atoms with Crippen molar-refractivity contribution in [1.82, 2.24) is 4.90 Å². The normalized spacial score (nSPS) is 20.2. The van der Waals surface area contributed by atoms with E-state index in [0.29, 0.717) is 6.54 Å². The lowest BCUT2D eigenvalue weighted by Crippen LogP contribution is -2.41. The maximum absolute atomic E-state index is 11.5. The molecule has 3 nitrogen and oxygen atoms in total. The lowest BCUT2D eigenvalue weighted by molar-refractivity contribution is -0.143. The van der Waals surface area contributed by atoms with E-state index in [4.69, 9.17) is 0 Å². The number of carboxylic acid groups (broad SMARTS) is 1. The van der Waals surface area contributed by atoms with Gasteiger partial charge in [0.05, 0.1) is 12.0 Å². The Bertz CT molecular complexity index is 840. The molecule has 0 bridgehead atoms. The molecule has 3 heterocycles. The number of benzene rings is 1. The Hall–Kier alpha value is -1.69. The summed E-state index contributed by atoms with van der Waals surface area (Å²) in [7, 11) is 0. The number of piperidine rings is 1. The molecule has 4 rings (SSSR count). The number of fused-ring (bicyclic) bond motifs is 1. The van der Waals surface area contributed by atoms with Crippen LogP contribution in [0.4, 0.5) is 0 Å². The van der Waals surface area contributed by atoms with E-state index in [9.17, 15) is 9.90 Å². The molecular weight excluding hydrogens is 338 g/mol.